The molecule has 2 aromatic carbocycles. The summed E-state index contributed by atoms with van der Waals surface area (Å²) >= 11 is 11.7. The third-order valence-electron chi connectivity index (χ3n) is 3.17. The maximum atomic E-state index is 12.0. The molecular weight excluding hydrogens is 353 g/mol. The van der Waals surface area contributed by atoms with E-state index in [0.717, 1.165) is 0 Å². The van der Waals surface area contributed by atoms with E-state index in [-0.39, 0.29) is 6.61 Å². The molecular formula is C17H15Cl2NO4. The van der Waals surface area contributed by atoms with Gasteiger partial charge in [-0.05, 0) is 29.8 Å². The number of rotatable bonds is 6. The van der Waals surface area contributed by atoms with Crippen LogP contribution in [-0.2, 0) is 16.1 Å². The van der Waals surface area contributed by atoms with Crippen molar-refractivity contribution < 1.29 is 19.4 Å². The van der Waals surface area contributed by atoms with Gasteiger partial charge in [0.1, 0.15) is 6.61 Å². The fourth-order valence-electron chi connectivity index (χ4n) is 1.89. The van der Waals surface area contributed by atoms with Crippen LogP contribution < -0.4 is 5.32 Å². The molecule has 0 saturated heterocycles. The molecule has 0 heterocycles. The second-order valence-electron chi connectivity index (χ2n) is 4.93. The van der Waals surface area contributed by atoms with Gasteiger partial charge < -0.3 is 15.2 Å². The Bertz CT molecular complexity index is 722. The highest BCUT2D eigenvalue weighted by atomic mass is 35.5. The summed E-state index contributed by atoms with van der Waals surface area (Å²) < 4.78 is 5.10. The van der Waals surface area contributed by atoms with Crippen LogP contribution >= 0.6 is 23.2 Å². The normalized spacial score (nSPS) is 11.6. The second kappa shape index (κ2) is 8.68. The van der Waals surface area contributed by atoms with Gasteiger partial charge in [-0.2, -0.15) is 0 Å². The van der Waals surface area contributed by atoms with Crippen LogP contribution in [0.4, 0.5) is 0 Å². The van der Waals surface area contributed by atoms with E-state index < -0.39 is 24.5 Å². The van der Waals surface area contributed by atoms with E-state index in [4.69, 9.17) is 27.9 Å². The van der Waals surface area contributed by atoms with E-state index in [1.807, 2.05) is 0 Å². The number of aliphatic hydroxyl groups excluding tert-OH is 1. The minimum absolute atomic E-state index is 0.0482. The zero-order chi connectivity index (χ0) is 17.5. The van der Waals surface area contributed by atoms with Crippen LogP contribution in [0.5, 0.6) is 0 Å². The molecule has 0 radical (unpaired) electrons. The van der Waals surface area contributed by atoms with Crippen molar-refractivity contribution in [3.8, 4) is 0 Å². The Morgan fingerprint density at radius 3 is 2.42 bits per heavy atom. The number of hydrogen-bond donors (Lipinski definition) is 2. The summed E-state index contributed by atoms with van der Waals surface area (Å²) in [6, 6.07) is 12.1. The molecule has 7 heteroatoms. The number of ether oxygens (including phenoxy) is 1. The first kappa shape index (κ1) is 18.3. The third-order valence-corrected chi connectivity index (χ3v) is 3.91. The lowest BCUT2D eigenvalue weighted by Crippen LogP contribution is -2.44. The van der Waals surface area contributed by atoms with Gasteiger partial charge >= 0.3 is 5.97 Å². The standard InChI is InChI=1S/C17H15Cl2NO4/c18-13-7-6-11(8-14(13)19)10-24-17(23)15(9-21)20-16(22)12-4-2-1-3-5-12/h1-8,15,21H,9-10H2,(H,20,22). The topological polar surface area (TPSA) is 75.6 Å². The molecule has 0 bridgehead atoms. The summed E-state index contributed by atoms with van der Waals surface area (Å²) in [4.78, 5) is 24.0. The van der Waals surface area contributed by atoms with Gasteiger partial charge in [-0.25, -0.2) is 4.79 Å². The van der Waals surface area contributed by atoms with Gasteiger partial charge in [0.15, 0.2) is 6.04 Å². The Labute approximate surface area is 149 Å². The molecule has 2 N–H and O–H groups in total. The number of halogens is 2. The highest BCUT2D eigenvalue weighted by molar-refractivity contribution is 6.42. The first-order valence-corrected chi connectivity index (χ1v) is 7.84. The fraction of sp³-hybridized carbons (Fsp3) is 0.176. The number of amides is 1. The number of nitrogens with one attached hydrogen (secondary N) is 1. The first-order valence-electron chi connectivity index (χ1n) is 7.08. The molecule has 1 amide bonds. The minimum Gasteiger partial charge on any atom is -0.459 e. The van der Waals surface area contributed by atoms with Crippen LogP contribution in [0.2, 0.25) is 10.0 Å². The number of carbonyl (C=O) groups excluding carboxylic acids is 2. The Hall–Kier alpha value is -2.08. The molecule has 0 spiro atoms. The molecule has 0 saturated carbocycles. The SMILES string of the molecule is O=C(NC(CO)C(=O)OCc1ccc(Cl)c(Cl)c1)c1ccccc1. The maximum Gasteiger partial charge on any atom is 0.331 e. The van der Waals surface area contributed by atoms with Crippen LogP contribution in [0, 0.1) is 0 Å². The Morgan fingerprint density at radius 1 is 1.08 bits per heavy atom. The summed E-state index contributed by atoms with van der Waals surface area (Å²) in [6.07, 6.45) is 0. The van der Waals surface area contributed by atoms with Crippen molar-refractivity contribution in [1.29, 1.82) is 0 Å². The summed E-state index contributed by atoms with van der Waals surface area (Å²) in [5, 5.41) is 12.5. The summed E-state index contributed by atoms with van der Waals surface area (Å²) in [5.74, 6) is -1.21. The minimum atomic E-state index is -1.15. The van der Waals surface area contributed by atoms with E-state index in [2.05, 4.69) is 5.32 Å². The van der Waals surface area contributed by atoms with Gasteiger partial charge in [-0.1, -0.05) is 47.5 Å². The molecule has 0 aliphatic carbocycles. The van der Waals surface area contributed by atoms with Gasteiger partial charge in [0.05, 0.1) is 16.7 Å². The van der Waals surface area contributed by atoms with Crippen LogP contribution in [0.1, 0.15) is 15.9 Å². The first-order chi connectivity index (χ1) is 11.5. The van der Waals surface area contributed by atoms with Gasteiger partial charge in [-0.15, -0.1) is 0 Å². The molecule has 1 unspecified atom stereocenters. The monoisotopic (exact) mass is 367 g/mol. The highest BCUT2D eigenvalue weighted by Crippen LogP contribution is 2.22. The van der Waals surface area contributed by atoms with Gasteiger partial charge in [0.25, 0.3) is 5.91 Å². The van der Waals surface area contributed by atoms with Crippen molar-refractivity contribution in [3.63, 3.8) is 0 Å². The molecule has 0 aliphatic rings. The van der Waals surface area contributed by atoms with Crippen molar-refractivity contribution >= 4 is 35.1 Å². The fourth-order valence-corrected chi connectivity index (χ4v) is 2.22. The number of carbonyl (C=O) groups is 2. The smallest absolute Gasteiger partial charge is 0.331 e. The molecule has 5 nitrogen and oxygen atoms in total. The number of aliphatic hydroxyl groups is 1. The predicted octanol–water partition coefficient (Wildman–Crippen LogP) is 2.83. The average molecular weight is 368 g/mol. The van der Waals surface area contributed by atoms with Gasteiger partial charge in [0.2, 0.25) is 0 Å². The quantitative estimate of drug-likeness (QED) is 0.769. The Morgan fingerprint density at radius 2 is 1.79 bits per heavy atom. The molecule has 1 atom stereocenters. The average Bonchev–Trinajstić information content (AvgIpc) is 2.61. The van der Waals surface area contributed by atoms with Gasteiger partial charge in [0, 0.05) is 5.56 Å². The molecule has 2 aromatic rings. The molecule has 126 valence electrons. The summed E-state index contributed by atoms with van der Waals surface area (Å²) in [6.45, 7) is -0.619. The van der Waals surface area contributed by atoms with Crippen molar-refractivity contribution in [1.82, 2.24) is 5.32 Å². The molecule has 0 aliphatic heterocycles. The highest BCUT2D eigenvalue weighted by Gasteiger charge is 2.22. The zero-order valence-electron chi connectivity index (χ0n) is 12.5. The predicted molar refractivity (Wildman–Crippen MR) is 91.0 cm³/mol. The molecule has 24 heavy (non-hydrogen) atoms. The molecule has 2 rings (SSSR count). The lowest BCUT2D eigenvalue weighted by Gasteiger charge is -2.15. The second-order valence-corrected chi connectivity index (χ2v) is 5.75. The lowest BCUT2D eigenvalue weighted by molar-refractivity contribution is -0.148. The lowest BCUT2D eigenvalue weighted by atomic mass is 10.2. The van der Waals surface area contributed by atoms with E-state index in [9.17, 15) is 14.7 Å². The van der Waals surface area contributed by atoms with Crippen LogP contribution in [-0.4, -0.2) is 29.6 Å². The number of hydrogen-bond acceptors (Lipinski definition) is 4. The van der Waals surface area contributed by atoms with E-state index in [1.165, 1.54) is 0 Å². The van der Waals surface area contributed by atoms with E-state index in [0.29, 0.717) is 21.2 Å². The largest absolute Gasteiger partial charge is 0.459 e. The Kier molecular flexibility index (Phi) is 6.61. The number of benzene rings is 2. The Balaban J connectivity index is 1.93. The maximum absolute atomic E-state index is 12.0. The van der Waals surface area contributed by atoms with Crippen molar-refractivity contribution in [3.05, 3.63) is 69.7 Å². The number of esters is 1. The summed E-state index contributed by atoms with van der Waals surface area (Å²) in [5.41, 5.74) is 1.03. The third kappa shape index (κ3) is 4.96. The zero-order valence-corrected chi connectivity index (χ0v) is 14.1. The van der Waals surface area contributed by atoms with Crippen LogP contribution in [0.15, 0.2) is 48.5 Å². The van der Waals surface area contributed by atoms with Crippen LogP contribution in [0.25, 0.3) is 0 Å². The molecule has 0 fully saturated rings. The van der Waals surface area contributed by atoms with Crippen molar-refractivity contribution in [2.75, 3.05) is 6.61 Å². The van der Waals surface area contributed by atoms with E-state index >= 15 is 0 Å². The van der Waals surface area contributed by atoms with E-state index in [1.54, 1.807) is 48.5 Å². The molecule has 0 aromatic heterocycles. The van der Waals surface area contributed by atoms with Gasteiger partial charge in [-0.3, -0.25) is 4.79 Å². The van der Waals surface area contributed by atoms with Crippen molar-refractivity contribution in [2.45, 2.75) is 12.6 Å². The van der Waals surface area contributed by atoms with Crippen molar-refractivity contribution in [2.24, 2.45) is 0 Å². The summed E-state index contributed by atoms with van der Waals surface area (Å²) in [7, 11) is 0. The van der Waals surface area contributed by atoms with Crippen LogP contribution in [0.3, 0.4) is 0 Å².